The van der Waals surface area contributed by atoms with Crippen molar-refractivity contribution >= 4 is 11.8 Å². The molecule has 2 saturated heterocycles. The van der Waals surface area contributed by atoms with Gasteiger partial charge in [0.05, 0.1) is 19.6 Å². The second-order valence-electron chi connectivity index (χ2n) is 10.3. The number of anilines is 1. The number of aromatic nitrogens is 1. The normalized spacial score (nSPS) is 23.0. The summed E-state index contributed by atoms with van der Waals surface area (Å²) in [4.78, 5) is 19.0. The Hall–Kier alpha value is -2.64. The first kappa shape index (κ1) is 24.1. The third-order valence-corrected chi connectivity index (χ3v) is 7.55. The van der Waals surface area contributed by atoms with Gasteiger partial charge in [-0.1, -0.05) is 18.2 Å². The number of pyridine rings is 1. The number of hydrogen-bond donors (Lipinski definition) is 2. The molecule has 1 aromatic heterocycles. The van der Waals surface area contributed by atoms with Gasteiger partial charge in [0.25, 0.3) is 0 Å². The van der Waals surface area contributed by atoms with Crippen molar-refractivity contribution in [3.8, 4) is 5.75 Å². The van der Waals surface area contributed by atoms with E-state index in [0.717, 1.165) is 82.0 Å². The molecular formula is C28H37N3O4. The van der Waals surface area contributed by atoms with Crippen LogP contribution in [0.1, 0.15) is 54.8 Å². The average Bonchev–Trinajstić information content (AvgIpc) is 3.54. The second-order valence-corrected chi connectivity index (χ2v) is 10.3. The third kappa shape index (κ3) is 6.53. The van der Waals surface area contributed by atoms with Crippen LogP contribution in [0.5, 0.6) is 5.75 Å². The molecule has 1 aromatic carbocycles. The van der Waals surface area contributed by atoms with Crippen LogP contribution in [0, 0.1) is 5.92 Å². The monoisotopic (exact) mass is 479 g/mol. The van der Waals surface area contributed by atoms with Crippen LogP contribution in [-0.2, 0) is 22.4 Å². The molecule has 4 heterocycles. The number of hydrogen-bond acceptors (Lipinski definition) is 6. The molecule has 35 heavy (non-hydrogen) atoms. The Morgan fingerprint density at radius 1 is 1.29 bits per heavy atom. The summed E-state index contributed by atoms with van der Waals surface area (Å²) in [5.41, 5.74) is 3.55. The van der Waals surface area contributed by atoms with Gasteiger partial charge in [0.15, 0.2) is 0 Å². The van der Waals surface area contributed by atoms with E-state index in [2.05, 4.69) is 22.3 Å². The van der Waals surface area contributed by atoms with Crippen molar-refractivity contribution in [1.29, 1.82) is 0 Å². The highest BCUT2D eigenvalue weighted by Crippen LogP contribution is 2.30. The van der Waals surface area contributed by atoms with E-state index >= 15 is 0 Å². The minimum absolute atomic E-state index is 0.0528. The predicted molar refractivity (Wildman–Crippen MR) is 135 cm³/mol. The highest BCUT2D eigenvalue weighted by atomic mass is 16.5. The van der Waals surface area contributed by atoms with Crippen LogP contribution in [0.25, 0.3) is 0 Å². The summed E-state index contributed by atoms with van der Waals surface area (Å²) in [6, 6.07) is 12.4. The van der Waals surface area contributed by atoms with Gasteiger partial charge in [-0.25, -0.2) is 4.98 Å². The zero-order valence-electron chi connectivity index (χ0n) is 20.5. The van der Waals surface area contributed by atoms with Crippen LogP contribution in [0.4, 0.5) is 5.82 Å². The van der Waals surface area contributed by atoms with Crippen molar-refractivity contribution in [2.45, 2.75) is 57.0 Å². The Morgan fingerprint density at radius 3 is 3.09 bits per heavy atom. The molecule has 0 saturated carbocycles. The fourth-order valence-corrected chi connectivity index (χ4v) is 5.62. The summed E-state index contributed by atoms with van der Waals surface area (Å²) < 4.78 is 11.5. The minimum Gasteiger partial charge on any atom is -0.488 e. The number of nitrogens with one attached hydrogen (secondary N) is 1. The van der Waals surface area contributed by atoms with Crippen LogP contribution in [-0.4, -0.2) is 66.5 Å². The van der Waals surface area contributed by atoms with Gasteiger partial charge < -0.3 is 24.8 Å². The summed E-state index contributed by atoms with van der Waals surface area (Å²) in [5.74, 6) is 1.70. The molecule has 3 aliphatic rings. The van der Waals surface area contributed by atoms with Crippen molar-refractivity contribution in [3.05, 3.63) is 53.2 Å². The molecule has 0 spiro atoms. The van der Waals surface area contributed by atoms with Gasteiger partial charge in [-0.15, -0.1) is 0 Å². The largest absolute Gasteiger partial charge is 0.488 e. The number of rotatable bonds is 10. The van der Waals surface area contributed by atoms with Crippen LogP contribution in [0.15, 0.2) is 36.4 Å². The number of aliphatic carboxylic acids is 1. The van der Waals surface area contributed by atoms with Crippen LogP contribution in [0.3, 0.4) is 0 Å². The maximum atomic E-state index is 11.7. The van der Waals surface area contributed by atoms with Crippen molar-refractivity contribution in [3.63, 3.8) is 0 Å². The SMILES string of the molecule is O=C(O)C[C@H](CN1CC[C@@H](CCc2ccc3c(n2)NCCC3)C1)c1cccc(O[C@@H]2CCOC2)c1. The number of carboxylic acid groups (broad SMARTS) is 1. The molecule has 7 heteroatoms. The van der Waals surface area contributed by atoms with Crippen molar-refractivity contribution in [1.82, 2.24) is 9.88 Å². The van der Waals surface area contributed by atoms with Crippen LogP contribution >= 0.6 is 0 Å². The zero-order valence-corrected chi connectivity index (χ0v) is 20.5. The molecule has 3 atom stereocenters. The molecule has 2 fully saturated rings. The maximum absolute atomic E-state index is 11.7. The highest BCUT2D eigenvalue weighted by Gasteiger charge is 2.27. The van der Waals surface area contributed by atoms with Gasteiger partial charge in [0, 0.05) is 37.7 Å². The van der Waals surface area contributed by atoms with Gasteiger partial charge in [-0.3, -0.25) is 4.79 Å². The van der Waals surface area contributed by atoms with E-state index in [1.54, 1.807) is 0 Å². The quantitative estimate of drug-likeness (QED) is 0.530. The molecular weight excluding hydrogens is 442 g/mol. The lowest BCUT2D eigenvalue weighted by Gasteiger charge is -2.24. The van der Waals surface area contributed by atoms with E-state index in [1.165, 1.54) is 17.7 Å². The Labute approximate surface area is 207 Å². The molecule has 0 amide bonds. The Morgan fingerprint density at radius 2 is 2.23 bits per heavy atom. The first-order chi connectivity index (χ1) is 17.1. The number of likely N-dealkylation sites (tertiary alicyclic amines) is 1. The Balaban J connectivity index is 1.16. The zero-order chi connectivity index (χ0) is 24.0. The van der Waals surface area contributed by atoms with Gasteiger partial charge >= 0.3 is 5.97 Å². The Kier molecular flexibility index (Phi) is 7.84. The standard InChI is InChI=1S/C28H37N3O4/c32-27(33)16-23(22-3-1-5-25(15-22)35-26-11-14-34-19-26)18-31-13-10-20(17-31)6-8-24-9-7-21-4-2-12-29-28(21)30-24/h1,3,5,7,9,15,20,23,26H,2,4,6,8,10-14,16-19H2,(H,29,30)(H,32,33)/t20-,23-,26-/m1/s1. The number of fused-ring (bicyclic) bond motifs is 1. The highest BCUT2D eigenvalue weighted by molar-refractivity contribution is 5.68. The molecule has 5 rings (SSSR count). The lowest BCUT2D eigenvalue weighted by atomic mass is 9.94. The molecule has 2 N–H and O–H groups in total. The second kappa shape index (κ2) is 11.4. The van der Waals surface area contributed by atoms with Crippen LogP contribution in [0.2, 0.25) is 0 Å². The third-order valence-electron chi connectivity index (χ3n) is 7.55. The molecule has 0 unspecified atom stereocenters. The number of carbonyl (C=O) groups is 1. The maximum Gasteiger partial charge on any atom is 0.304 e. The van der Waals surface area contributed by atoms with Gasteiger partial charge in [-0.2, -0.15) is 0 Å². The topological polar surface area (TPSA) is 83.9 Å². The van der Waals surface area contributed by atoms with E-state index in [0.29, 0.717) is 12.5 Å². The molecule has 0 aliphatic carbocycles. The lowest BCUT2D eigenvalue weighted by molar-refractivity contribution is -0.137. The fourth-order valence-electron chi connectivity index (χ4n) is 5.62. The molecule has 0 radical (unpaired) electrons. The Bertz CT molecular complexity index is 1010. The van der Waals surface area contributed by atoms with E-state index < -0.39 is 5.97 Å². The first-order valence-electron chi connectivity index (χ1n) is 13.1. The molecule has 3 aliphatic heterocycles. The van der Waals surface area contributed by atoms with Gasteiger partial charge in [0.2, 0.25) is 0 Å². The number of benzene rings is 1. The summed E-state index contributed by atoms with van der Waals surface area (Å²) in [5, 5.41) is 13.0. The number of carboxylic acids is 1. The molecule has 7 nitrogen and oxygen atoms in total. The number of ether oxygens (including phenoxy) is 2. The summed E-state index contributed by atoms with van der Waals surface area (Å²) in [7, 11) is 0. The number of nitrogens with zero attached hydrogens (tertiary/aromatic N) is 2. The van der Waals surface area contributed by atoms with Gasteiger partial charge in [-0.05, 0) is 73.9 Å². The predicted octanol–water partition coefficient (Wildman–Crippen LogP) is 4.12. The smallest absolute Gasteiger partial charge is 0.304 e. The summed E-state index contributed by atoms with van der Waals surface area (Å²) in [6.07, 6.45) is 6.69. The average molecular weight is 480 g/mol. The van der Waals surface area contributed by atoms with E-state index in [1.807, 2.05) is 24.3 Å². The summed E-state index contributed by atoms with van der Waals surface area (Å²) in [6.45, 7) is 5.18. The molecule has 188 valence electrons. The van der Waals surface area contributed by atoms with E-state index in [4.69, 9.17) is 14.5 Å². The van der Waals surface area contributed by atoms with Crippen molar-refractivity contribution < 1.29 is 19.4 Å². The fraction of sp³-hybridized carbons (Fsp3) is 0.571. The first-order valence-corrected chi connectivity index (χ1v) is 13.1. The van der Waals surface area contributed by atoms with E-state index in [9.17, 15) is 9.90 Å². The van der Waals surface area contributed by atoms with Gasteiger partial charge in [0.1, 0.15) is 17.7 Å². The van der Waals surface area contributed by atoms with Crippen molar-refractivity contribution in [2.24, 2.45) is 5.92 Å². The number of aryl methyl sites for hydroxylation is 2. The summed E-state index contributed by atoms with van der Waals surface area (Å²) >= 11 is 0. The lowest BCUT2D eigenvalue weighted by Crippen LogP contribution is -2.28. The molecule has 2 aromatic rings. The van der Waals surface area contributed by atoms with Crippen molar-refractivity contribution in [2.75, 3.05) is 44.7 Å². The van der Waals surface area contributed by atoms with E-state index in [-0.39, 0.29) is 18.4 Å². The minimum atomic E-state index is -0.756. The molecule has 0 bridgehead atoms. The van der Waals surface area contributed by atoms with Crippen LogP contribution < -0.4 is 10.1 Å².